The number of nitrogens with one attached hydrogen (secondary N) is 2. The second-order valence-electron chi connectivity index (χ2n) is 6.79. The van der Waals surface area contributed by atoms with Crippen molar-refractivity contribution in [1.29, 1.82) is 0 Å². The predicted molar refractivity (Wildman–Crippen MR) is 97.2 cm³/mol. The molecule has 0 spiro atoms. The van der Waals surface area contributed by atoms with Crippen molar-refractivity contribution in [3.63, 3.8) is 0 Å². The number of rotatable bonds is 7. The van der Waals surface area contributed by atoms with Crippen molar-refractivity contribution >= 4 is 11.9 Å². The largest absolute Gasteiger partial charge is 0.467 e. The van der Waals surface area contributed by atoms with Gasteiger partial charge in [0.05, 0.1) is 24.8 Å². The number of furan rings is 1. The molecule has 1 heterocycles. The van der Waals surface area contributed by atoms with E-state index < -0.39 is 11.5 Å². The van der Waals surface area contributed by atoms with Gasteiger partial charge in [0, 0.05) is 20.6 Å². The standard InChI is InChI=1S/C18H30N4O3/c1-4-19-17(20-12-14(23)15-8-7-11-25-15)21-13-18(9-5-6-10-18)16(24)22(2)3/h7-8,11,14,23H,4-6,9-10,12-13H2,1-3H3,(H2,19,20,21). The highest BCUT2D eigenvalue weighted by atomic mass is 16.4. The van der Waals surface area contributed by atoms with Gasteiger partial charge in [-0.25, -0.2) is 0 Å². The van der Waals surface area contributed by atoms with E-state index in [1.54, 1.807) is 31.1 Å². The van der Waals surface area contributed by atoms with Crippen LogP contribution in [0, 0.1) is 5.41 Å². The third-order valence-corrected chi connectivity index (χ3v) is 4.64. The van der Waals surface area contributed by atoms with Gasteiger partial charge >= 0.3 is 0 Å². The molecule has 1 aromatic heterocycles. The summed E-state index contributed by atoms with van der Waals surface area (Å²) in [5.41, 5.74) is -0.397. The minimum absolute atomic E-state index is 0.153. The average molecular weight is 350 g/mol. The topological polar surface area (TPSA) is 90.1 Å². The van der Waals surface area contributed by atoms with Crippen LogP contribution < -0.4 is 10.6 Å². The van der Waals surface area contributed by atoms with Crippen LogP contribution in [-0.4, -0.2) is 55.6 Å². The summed E-state index contributed by atoms with van der Waals surface area (Å²) in [6, 6.07) is 3.48. The molecule has 2 rings (SSSR count). The van der Waals surface area contributed by atoms with Gasteiger partial charge in [0.2, 0.25) is 5.91 Å². The van der Waals surface area contributed by atoms with E-state index in [0.29, 0.717) is 24.8 Å². The van der Waals surface area contributed by atoms with E-state index in [4.69, 9.17) is 4.42 Å². The van der Waals surface area contributed by atoms with E-state index in [1.165, 1.54) is 6.26 Å². The average Bonchev–Trinajstić information content (AvgIpc) is 3.28. The first-order valence-electron chi connectivity index (χ1n) is 8.94. The lowest BCUT2D eigenvalue weighted by Gasteiger charge is -2.29. The fourth-order valence-corrected chi connectivity index (χ4v) is 3.31. The van der Waals surface area contributed by atoms with Gasteiger partial charge in [0.25, 0.3) is 0 Å². The van der Waals surface area contributed by atoms with Crippen molar-refractivity contribution in [2.24, 2.45) is 10.4 Å². The fourth-order valence-electron chi connectivity index (χ4n) is 3.31. The van der Waals surface area contributed by atoms with Crippen molar-refractivity contribution in [2.45, 2.75) is 38.7 Å². The Morgan fingerprint density at radius 1 is 1.40 bits per heavy atom. The van der Waals surface area contributed by atoms with Crippen LogP contribution in [0.5, 0.6) is 0 Å². The highest BCUT2D eigenvalue weighted by molar-refractivity contribution is 5.84. The summed E-state index contributed by atoms with van der Waals surface area (Å²) in [5.74, 6) is 1.27. The number of amides is 1. The van der Waals surface area contributed by atoms with Gasteiger partial charge in [-0.3, -0.25) is 9.79 Å². The third kappa shape index (κ3) is 4.98. The number of carbonyl (C=O) groups excluding carboxylic acids is 1. The van der Waals surface area contributed by atoms with Crippen LogP contribution in [0.4, 0.5) is 0 Å². The Morgan fingerprint density at radius 2 is 2.12 bits per heavy atom. The molecule has 25 heavy (non-hydrogen) atoms. The highest BCUT2D eigenvalue weighted by Crippen LogP contribution is 2.39. The van der Waals surface area contributed by atoms with E-state index >= 15 is 0 Å². The molecule has 1 aliphatic carbocycles. The van der Waals surface area contributed by atoms with Crippen LogP contribution in [0.15, 0.2) is 27.8 Å². The molecule has 0 bridgehead atoms. The molecule has 1 unspecified atom stereocenters. The number of aliphatic imine (C=N–C) groups is 1. The second kappa shape index (κ2) is 8.89. The number of aliphatic hydroxyl groups is 1. The lowest BCUT2D eigenvalue weighted by Crippen LogP contribution is -2.43. The Labute approximate surface area is 149 Å². The summed E-state index contributed by atoms with van der Waals surface area (Å²) in [7, 11) is 3.60. The molecule has 1 atom stereocenters. The third-order valence-electron chi connectivity index (χ3n) is 4.64. The van der Waals surface area contributed by atoms with E-state index in [2.05, 4.69) is 15.6 Å². The molecule has 0 aromatic carbocycles. The zero-order chi connectivity index (χ0) is 18.3. The lowest BCUT2D eigenvalue weighted by molar-refractivity contribution is -0.138. The zero-order valence-electron chi connectivity index (χ0n) is 15.4. The summed E-state index contributed by atoms with van der Waals surface area (Å²) >= 11 is 0. The van der Waals surface area contributed by atoms with Crippen molar-refractivity contribution in [3.8, 4) is 0 Å². The fraction of sp³-hybridized carbons (Fsp3) is 0.667. The monoisotopic (exact) mass is 350 g/mol. The normalized spacial score (nSPS) is 18.0. The van der Waals surface area contributed by atoms with E-state index in [9.17, 15) is 9.90 Å². The Bertz CT molecular complexity index is 563. The smallest absolute Gasteiger partial charge is 0.230 e. The molecule has 1 amide bonds. The molecular weight excluding hydrogens is 320 g/mol. The number of nitrogens with zero attached hydrogens (tertiary/aromatic N) is 2. The molecule has 1 aromatic rings. The van der Waals surface area contributed by atoms with Crippen LogP contribution in [0.25, 0.3) is 0 Å². The molecule has 0 radical (unpaired) electrons. The summed E-state index contributed by atoms with van der Waals surface area (Å²) in [4.78, 5) is 18.9. The van der Waals surface area contributed by atoms with Gasteiger partial charge in [-0.15, -0.1) is 0 Å². The van der Waals surface area contributed by atoms with Crippen LogP contribution in [0.2, 0.25) is 0 Å². The maximum Gasteiger partial charge on any atom is 0.230 e. The van der Waals surface area contributed by atoms with Crippen molar-refractivity contribution < 1.29 is 14.3 Å². The predicted octanol–water partition coefficient (Wildman–Crippen LogP) is 1.52. The maximum atomic E-state index is 12.6. The van der Waals surface area contributed by atoms with E-state index in [0.717, 1.165) is 25.7 Å². The van der Waals surface area contributed by atoms with Crippen LogP contribution in [0.3, 0.4) is 0 Å². The Hall–Kier alpha value is -2.02. The van der Waals surface area contributed by atoms with Crippen LogP contribution in [-0.2, 0) is 4.79 Å². The first-order valence-corrected chi connectivity index (χ1v) is 8.94. The quantitative estimate of drug-likeness (QED) is 0.512. The molecule has 1 aliphatic rings. The molecule has 3 N–H and O–H groups in total. The SMILES string of the molecule is CCNC(=NCC1(C(=O)N(C)C)CCCC1)NCC(O)c1ccco1. The minimum Gasteiger partial charge on any atom is -0.467 e. The minimum atomic E-state index is -0.747. The molecule has 7 heteroatoms. The van der Waals surface area contributed by atoms with E-state index in [-0.39, 0.29) is 12.5 Å². The number of carbonyl (C=O) groups is 1. The Balaban J connectivity index is 2.01. The van der Waals surface area contributed by atoms with Crippen molar-refractivity contribution in [2.75, 3.05) is 33.7 Å². The highest BCUT2D eigenvalue weighted by Gasteiger charge is 2.42. The van der Waals surface area contributed by atoms with Gasteiger partial charge in [0.15, 0.2) is 5.96 Å². The summed E-state index contributed by atoms with van der Waals surface area (Å²) in [5, 5.41) is 16.4. The molecular formula is C18H30N4O3. The lowest BCUT2D eigenvalue weighted by atomic mass is 9.85. The molecule has 1 saturated carbocycles. The van der Waals surface area contributed by atoms with Gasteiger partial charge < -0.3 is 25.1 Å². The molecule has 140 valence electrons. The summed E-state index contributed by atoms with van der Waals surface area (Å²) in [6.45, 7) is 3.43. The number of hydrogen-bond donors (Lipinski definition) is 3. The molecule has 0 saturated heterocycles. The maximum absolute atomic E-state index is 12.6. The molecule has 7 nitrogen and oxygen atoms in total. The van der Waals surface area contributed by atoms with Crippen molar-refractivity contribution in [1.82, 2.24) is 15.5 Å². The van der Waals surface area contributed by atoms with Crippen LogP contribution in [0.1, 0.15) is 44.5 Å². The Kier molecular flexibility index (Phi) is 6.87. The van der Waals surface area contributed by atoms with Crippen molar-refractivity contribution in [3.05, 3.63) is 24.2 Å². The molecule has 0 aliphatic heterocycles. The van der Waals surface area contributed by atoms with Gasteiger partial charge in [-0.1, -0.05) is 12.8 Å². The first-order chi connectivity index (χ1) is 12.0. The molecule has 1 fully saturated rings. The number of guanidine groups is 1. The number of aliphatic hydroxyl groups excluding tert-OH is 1. The summed E-state index contributed by atoms with van der Waals surface area (Å²) < 4.78 is 5.20. The van der Waals surface area contributed by atoms with E-state index in [1.807, 2.05) is 6.92 Å². The van der Waals surface area contributed by atoms with Crippen LogP contribution >= 0.6 is 0 Å². The van der Waals surface area contributed by atoms with Gasteiger partial charge in [-0.2, -0.15) is 0 Å². The first kappa shape index (κ1) is 19.3. The second-order valence-corrected chi connectivity index (χ2v) is 6.79. The summed E-state index contributed by atoms with van der Waals surface area (Å²) in [6.07, 6.45) is 4.67. The van der Waals surface area contributed by atoms with Gasteiger partial charge in [-0.05, 0) is 31.9 Å². The zero-order valence-corrected chi connectivity index (χ0v) is 15.4. The van der Waals surface area contributed by atoms with Gasteiger partial charge in [0.1, 0.15) is 11.9 Å². The number of hydrogen-bond acceptors (Lipinski definition) is 4. The Morgan fingerprint density at radius 3 is 2.68 bits per heavy atom.